The minimum atomic E-state index is -2.46. The maximum absolute atomic E-state index is 13.8. The van der Waals surface area contributed by atoms with E-state index in [1.807, 2.05) is 30.3 Å². The Morgan fingerprint density at radius 1 is 0.977 bits per heavy atom. The highest BCUT2D eigenvalue weighted by molar-refractivity contribution is 6.74. The number of aliphatic hydroxyl groups is 1. The molecule has 0 radical (unpaired) electrons. The number of aliphatic hydroxyl groups excluding tert-OH is 1. The normalized spacial score (nSPS) is 21.7. The quantitative estimate of drug-likeness (QED) is 0.294. The van der Waals surface area contributed by atoms with Crippen LogP contribution < -0.4 is 11.2 Å². The molecule has 1 aromatic heterocycles. The molecule has 1 saturated heterocycles. The van der Waals surface area contributed by atoms with Gasteiger partial charge in [0.15, 0.2) is 22.9 Å². The average Bonchev–Trinajstić information content (AvgIpc) is 3.19. The number of hydrogen-bond acceptors (Lipinski definition) is 8. The third-order valence-corrected chi connectivity index (χ3v) is 18.1. The van der Waals surface area contributed by atoms with Crippen molar-refractivity contribution in [2.45, 2.75) is 122 Å². The van der Waals surface area contributed by atoms with E-state index in [4.69, 9.17) is 18.3 Å². The second kappa shape index (κ2) is 12.9. The molecule has 1 N–H and O–H groups in total. The molecule has 2 heterocycles. The van der Waals surface area contributed by atoms with E-state index in [0.717, 1.165) is 10.1 Å². The van der Waals surface area contributed by atoms with Gasteiger partial charge in [-0.25, -0.2) is 9.36 Å². The molecule has 1 aromatic carbocycles. The van der Waals surface area contributed by atoms with Crippen LogP contribution in [0.5, 0.6) is 0 Å². The lowest BCUT2D eigenvalue weighted by atomic mass is 10.1. The molecule has 1 aliphatic rings. The van der Waals surface area contributed by atoms with Crippen molar-refractivity contribution in [3.8, 4) is 0 Å². The van der Waals surface area contributed by atoms with Crippen molar-refractivity contribution in [2.24, 2.45) is 0 Å². The number of nitrogens with zero attached hydrogens (tertiary/aromatic N) is 2. The summed E-state index contributed by atoms with van der Waals surface area (Å²) >= 11 is 0. The fourth-order valence-electron chi connectivity index (χ4n) is 4.22. The van der Waals surface area contributed by atoms with Crippen LogP contribution in [0.1, 0.15) is 58.9 Å². The van der Waals surface area contributed by atoms with Gasteiger partial charge in [-0.2, -0.15) is 0 Å². The molecule has 240 valence electrons. The number of hydrogen-bond donors (Lipinski definition) is 1. The summed E-state index contributed by atoms with van der Waals surface area (Å²) in [6, 6.07) is 9.14. The van der Waals surface area contributed by atoms with Crippen molar-refractivity contribution in [3.63, 3.8) is 0 Å². The van der Waals surface area contributed by atoms with Crippen LogP contribution in [0.3, 0.4) is 0 Å². The molecule has 4 atom stereocenters. The standard InChI is InChI=1S/C31H50N2O8Si2/c1-21-17-33(29(37)32(27(21)36)18-24(34)38-19-22-15-13-12-14-16-22)28-26(41-43(10,11)31(5,6)7)25(35)23(40-28)20-39-42(8,9)30(2,3)4/h12-17,23,25-26,28,35H,18-20H2,1-11H3. The number of aryl methyl sites for hydroxylation is 1. The Kier molecular flexibility index (Phi) is 10.6. The van der Waals surface area contributed by atoms with Crippen LogP contribution in [0.2, 0.25) is 36.3 Å². The summed E-state index contributed by atoms with van der Waals surface area (Å²) in [6.07, 6.45) is -2.39. The zero-order valence-corrected chi connectivity index (χ0v) is 29.6. The summed E-state index contributed by atoms with van der Waals surface area (Å²) in [5.74, 6) is -0.720. The van der Waals surface area contributed by atoms with Crippen LogP contribution in [0, 0.1) is 6.92 Å². The Balaban J connectivity index is 1.97. The van der Waals surface area contributed by atoms with E-state index in [1.165, 1.54) is 10.8 Å². The molecule has 43 heavy (non-hydrogen) atoms. The number of carbonyl (C=O) groups excluding carboxylic acids is 1. The van der Waals surface area contributed by atoms with Crippen LogP contribution in [0.4, 0.5) is 0 Å². The monoisotopic (exact) mass is 634 g/mol. The summed E-state index contributed by atoms with van der Waals surface area (Å²) in [5.41, 5.74) is -0.328. The molecular weight excluding hydrogens is 585 g/mol. The maximum Gasteiger partial charge on any atom is 0.333 e. The third-order valence-electron chi connectivity index (χ3n) is 9.14. The van der Waals surface area contributed by atoms with E-state index in [-0.39, 0.29) is 28.9 Å². The Hall–Kier alpha value is -2.36. The van der Waals surface area contributed by atoms with Crippen molar-refractivity contribution in [1.29, 1.82) is 0 Å². The highest BCUT2D eigenvalue weighted by Gasteiger charge is 2.51. The predicted octanol–water partition coefficient (Wildman–Crippen LogP) is 4.73. The first-order valence-corrected chi connectivity index (χ1v) is 20.7. The van der Waals surface area contributed by atoms with Gasteiger partial charge in [0.1, 0.15) is 31.5 Å². The van der Waals surface area contributed by atoms with Crippen LogP contribution >= 0.6 is 0 Å². The number of benzene rings is 1. The molecule has 0 bridgehead atoms. The summed E-state index contributed by atoms with van der Waals surface area (Å²) in [6.45, 7) is 22.2. The van der Waals surface area contributed by atoms with Gasteiger partial charge in [0.05, 0.1) is 6.61 Å². The largest absolute Gasteiger partial charge is 0.459 e. The first-order valence-electron chi connectivity index (χ1n) is 14.8. The molecule has 4 unspecified atom stereocenters. The van der Waals surface area contributed by atoms with Crippen LogP contribution in [0.15, 0.2) is 46.1 Å². The van der Waals surface area contributed by atoms with E-state index in [1.54, 1.807) is 6.92 Å². The second-order valence-corrected chi connectivity index (χ2v) is 24.1. The molecule has 3 rings (SSSR count). The highest BCUT2D eigenvalue weighted by atomic mass is 28.4. The zero-order chi connectivity index (χ0) is 32.5. The Morgan fingerprint density at radius 2 is 1.56 bits per heavy atom. The van der Waals surface area contributed by atoms with Crippen molar-refractivity contribution in [2.75, 3.05) is 6.61 Å². The first-order chi connectivity index (χ1) is 19.7. The molecule has 0 aliphatic carbocycles. The second-order valence-electron chi connectivity index (χ2n) is 14.5. The van der Waals surface area contributed by atoms with Crippen LogP contribution in [-0.2, 0) is 36.3 Å². The number of rotatable bonds is 10. The number of aromatic nitrogens is 2. The van der Waals surface area contributed by atoms with Crippen molar-refractivity contribution in [1.82, 2.24) is 9.13 Å². The SMILES string of the molecule is Cc1cn(C2OC(CO[Si](C)(C)C(C)(C)C)C(O)C2O[Si](C)(C)C(C)(C)C)c(=O)n(CC(=O)OCc2ccccc2)c1=O. The lowest BCUT2D eigenvalue weighted by molar-refractivity contribution is -0.145. The number of esters is 1. The molecule has 1 fully saturated rings. The van der Waals surface area contributed by atoms with Gasteiger partial charge >= 0.3 is 11.7 Å². The predicted molar refractivity (Wildman–Crippen MR) is 171 cm³/mol. The van der Waals surface area contributed by atoms with Crippen LogP contribution in [-0.4, -0.2) is 61.8 Å². The highest BCUT2D eigenvalue weighted by Crippen LogP contribution is 2.42. The molecule has 12 heteroatoms. The van der Waals surface area contributed by atoms with Crippen molar-refractivity contribution >= 4 is 22.6 Å². The van der Waals surface area contributed by atoms with E-state index in [2.05, 4.69) is 67.7 Å². The molecule has 10 nitrogen and oxygen atoms in total. The minimum absolute atomic E-state index is 0.0185. The van der Waals surface area contributed by atoms with Gasteiger partial charge in [-0.15, -0.1) is 0 Å². The van der Waals surface area contributed by atoms with Gasteiger partial charge in [0.25, 0.3) is 5.56 Å². The van der Waals surface area contributed by atoms with Gasteiger partial charge < -0.3 is 23.4 Å². The molecule has 0 amide bonds. The average molecular weight is 635 g/mol. The number of carbonyl (C=O) groups is 1. The minimum Gasteiger partial charge on any atom is -0.459 e. The van der Waals surface area contributed by atoms with Gasteiger partial charge in [-0.05, 0) is 48.8 Å². The van der Waals surface area contributed by atoms with Gasteiger partial charge in [-0.1, -0.05) is 71.9 Å². The maximum atomic E-state index is 13.8. The van der Waals surface area contributed by atoms with E-state index >= 15 is 0 Å². The first kappa shape index (κ1) is 35.1. The Morgan fingerprint density at radius 3 is 2.12 bits per heavy atom. The molecular formula is C31H50N2O8Si2. The third kappa shape index (κ3) is 8.03. The van der Waals surface area contributed by atoms with Crippen molar-refractivity contribution < 1.29 is 28.2 Å². The van der Waals surface area contributed by atoms with Crippen molar-refractivity contribution in [3.05, 3.63) is 68.5 Å². The van der Waals surface area contributed by atoms with E-state index < -0.39 is 64.9 Å². The number of ether oxygens (including phenoxy) is 2. The van der Waals surface area contributed by atoms with Gasteiger partial charge in [0, 0.05) is 11.8 Å². The lowest BCUT2D eigenvalue weighted by Gasteiger charge is -2.40. The topological polar surface area (TPSA) is 118 Å². The van der Waals surface area contributed by atoms with E-state index in [9.17, 15) is 19.5 Å². The molecule has 2 aromatic rings. The molecule has 1 aliphatic heterocycles. The van der Waals surface area contributed by atoms with Crippen LogP contribution in [0.25, 0.3) is 0 Å². The zero-order valence-electron chi connectivity index (χ0n) is 27.6. The fraction of sp³-hybridized carbons (Fsp3) is 0.645. The Labute approximate surface area is 257 Å². The molecule has 0 saturated carbocycles. The smallest absolute Gasteiger partial charge is 0.333 e. The van der Waals surface area contributed by atoms with Gasteiger partial charge in [-0.3, -0.25) is 14.2 Å². The van der Waals surface area contributed by atoms with Gasteiger partial charge in [0.2, 0.25) is 0 Å². The summed E-state index contributed by atoms with van der Waals surface area (Å²) in [4.78, 5) is 39.6. The Bertz CT molecular complexity index is 1390. The van der Waals surface area contributed by atoms with E-state index in [0.29, 0.717) is 0 Å². The fourth-order valence-corrected chi connectivity index (χ4v) is 6.53. The lowest BCUT2D eigenvalue weighted by Crippen LogP contribution is -2.51. The summed E-state index contributed by atoms with van der Waals surface area (Å²) < 4.78 is 26.9. The summed E-state index contributed by atoms with van der Waals surface area (Å²) in [5, 5.41) is 11.3. The molecule has 0 spiro atoms. The summed E-state index contributed by atoms with van der Waals surface area (Å²) in [7, 11) is -4.64.